The van der Waals surface area contributed by atoms with Crippen LogP contribution < -0.4 is 10.1 Å². The van der Waals surface area contributed by atoms with Crippen molar-refractivity contribution in [2.45, 2.75) is 32.3 Å². The highest BCUT2D eigenvalue weighted by molar-refractivity contribution is 7.19. The maximum absolute atomic E-state index is 13.4. The van der Waals surface area contributed by atoms with Crippen LogP contribution in [0.15, 0.2) is 48.8 Å². The number of fused-ring (bicyclic) bond motifs is 3. The fraction of sp³-hybridized carbons (Fsp3) is 0.333. The van der Waals surface area contributed by atoms with E-state index in [2.05, 4.69) is 34.3 Å². The highest BCUT2D eigenvalue weighted by atomic mass is 35.5. The van der Waals surface area contributed by atoms with Crippen molar-refractivity contribution < 1.29 is 9.13 Å². The Morgan fingerprint density at radius 3 is 2.89 bits per heavy atom. The van der Waals surface area contributed by atoms with Crippen LogP contribution in [-0.2, 0) is 19.4 Å². The normalized spacial score (nSPS) is 15.4. The minimum Gasteiger partial charge on any atom is -0.487 e. The van der Waals surface area contributed by atoms with Crippen molar-refractivity contribution in [3.8, 4) is 5.75 Å². The molecular weight excluding hydrogens is 483 g/mol. The third kappa shape index (κ3) is 5.58. The molecule has 182 valence electrons. The summed E-state index contributed by atoms with van der Waals surface area (Å²) in [4.78, 5) is 13.9. The van der Waals surface area contributed by atoms with Gasteiger partial charge in [0.05, 0.1) is 10.4 Å². The fourth-order valence-electron chi connectivity index (χ4n) is 4.58. The molecule has 1 unspecified atom stereocenters. The number of aromatic nitrogens is 2. The van der Waals surface area contributed by atoms with E-state index in [1.54, 1.807) is 23.7 Å². The molecule has 0 aliphatic heterocycles. The number of nitrogens with zero attached hydrogens (tertiary/aromatic N) is 3. The first kappa shape index (κ1) is 24.0. The minimum absolute atomic E-state index is 0.243. The molecule has 0 bridgehead atoms. The zero-order valence-corrected chi connectivity index (χ0v) is 21.4. The Hall–Kier alpha value is -2.74. The van der Waals surface area contributed by atoms with Crippen molar-refractivity contribution >= 4 is 44.7 Å². The van der Waals surface area contributed by atoms with Gasteiger partial charge in [0, 0.05) is 10.6 Å². The number of benzene rings is 2. The van der Waals surface area contributed by atoms with Gasteiger partial charge in [-0.3, -0.25) is 0 Å². The monoisotopic (exact) mass is 510 g/mol. The van der Waals surface area contributed by atoms with Crippen molar-refractivity contribution in [3.63, 3.8) is 0 Å². The Morgan fingerprint density at radius 1 is 1.20 bits per heavy atom. The van der Waals surface area contributed by atoms with E-state index in [0.29, 0.717) is 10.8 Å². The third-order valence-electron chi connectivity index (χ3n) is 6.41. The van der Waals surface area contributed by atoms with Gasteiger partial charge in [-0.15, -0.1) is 11.3 Å². The van der Waals surface area contributed by atoms with Crippen molar-refractivity contribution in [1.29, 1.82) is 0 Å². The molecular formula is C27H28ClFN4OS. The second-order valence-electron chi connectivity index (χ2n) is 9.30. The van der Waals surface area contributed by atoms with Crippen molar-refractivity contribution in [3.05, 3.63) is 75.6 Å². The molecule has 2 aromatic carbocycles. The van der Waals surface area contributed by atoms with Crippen LogP contribution in [0.1, 0.15) is 28.8 Å². The predicted octanol–water partition coefficient (Wildman–Crippen LogP) is 6.86. The van der Waals surface area contributed by atoms with Crippen LogP contribution in [0.5, 0.6) is 5.75 Å². The Labute approximate surface area is 213 Å². The van der Waals surface area contributed by atoms with Gasteiger partial charge < -0.3 is 15.0 Å². The molecule has 5 rings (SSSR count). The topological polar surface area (TPSA) is 50.3 Å². The number of rotatable bonds is 8. The number of ether oxygens (including phenoxy) is 1. The number of hydrogen-bond acceptors (Lipinski definition) is 6. The molecule has 0 spiro atoms. The molecule has 0 amide bonds. The minimum atomic E-state index is -0.285. The maximum atomic E-state index is 13.4. The predicted molar refractivity (Wildman–Crippen MR) is 142 cm³/mol. The number of aryl methyl sites for hydroxylation is 1. The molecule has 1 N–H and O–H groups in total. The number of hydrogen-bond donors (Lipinski definition) is 1. The van der Waals surface area contributed by atoms with E-state index in [0.717, 1.165) is 52.6 Å². The number of halogens is 2. The second kappa shape index (κ2) is 10.5. The van der Waals surface area contributed by atoms with E-state index in [4.69, 9.17) is 16.3 Å². The van der Waals surface area contributed by atoms with Gasteiger partial charge in [0.25, 0.3) is 0 Å². The van der Waals surface area contributed by atoms with Gasteiger partial charge in [0.15, 0.2) is 0 Å². The standard InChI is InChI=1S/C27H28ClFN4OS/c1-33(2)11-10-17-6-8-21-24(13-17)35-27-25(21)26(30-16-31-27)32-20-7-9-23(22(28)14-20)34-15-18-4-3-5-19(29)12-18/h3-5,7,9,12,14,16-17H,6,8,10-11,13,15H2,1-2H3,(H,30,31,32). The molecule has 2 aromatic heterocycles. The summed E-state index contributed by atoms with van der Waals surface area (Å²) in [5, 5.41) is 5.05. The van der Waals surface area contributed by atoms with Gasteiger partial charge in [0.2, 0.25) is 0 Å². The molecule has 1 aliphatic carbocycles. The lowest BCUT2D eigenvalue weighted by Gasteiger charge is -2.23. The first-order valence-corrected chi connectivity index (χ1v) is 13.0. The quantitative estimate of drug-likeness (QED) is 0.280. The molecule has 1 atom stereocenters. The Kier molecular flexibility index (Phi) is 7.18. The van der Waals surface area contributed by atoms with Gasteiger partial charge in [0.1, 0.15) is 35.1 Å². The van der Waals surface area contributed by atoms with Crippen LogP contribution in [-0.4, -0.2) is 35.5 Å². The smallest absolute Gasteiger partial charge is 0.142 e. The van der Waals surface area contributed by atoms with Gasteiger partial charge in [-0.1, -0.05) is 23.7 Å². The number of nitrogens with one attached hydrogen (secondary N) is 1. The fourth-order valence-corrected chi connectivity index (χ4v) is 6.12. The average molecular weight is 511 g/mol. The zero-order chi connectivity index (χ0) is 24.4. The highest BCUT2D eigenvalue weighted by Crippen LogP contribution is 2.41. The average Bonchev–Trinajstić information content (AvgIpc) is 3.21. The Morgan fingerprint density at radius 2 is 2.09 bits per heavy atom. The van der Waals surface area contributed by atoms with Crippen LogP contribution in [0.25, 0.3) is 10.2 Å². The Bertz CT molecular complexity index is 1340. The summed E-state index contributed by atoms with van der Waals surface area (Å²) in [7, 11) is 4.27. The first-order valence-electron chi connectivity index (χ1n) is 11.8. The largest absolute Gasteiger partial charge is 0.487 e. The van der Waals surface area contributed by atoms with Gasteiger partial charge in [-0.05, 0) is 93.7 Å². The van der Waals surface area contributed by atoms with Crippen LogP contribution in [0, 0.1) is 11.7 Å². The van der Waals surface area contributed by atoms with E-state index in [1.807, 2.05) is 24.3 Å². The third-order valence-corrected chi connectivity index (χ3v) is 7.87. The molecule has 0 saturated heterocycles. The molecule has 2 heterocycles. The van der Waals surface area contributed by atoms with E-state index in [9.17, 15) is 4.39 Å². The molecule has 0 saturated carbocycles. The maximum Gasteiger partial charge on any atom is 0.142 e. The van der Waals surface area contributed by atoms with Gasteiger partial charge in [-0.25, -0.2) is 14.4 Å². The van der Waals surface area contributed by atoms with Crippen LogP contribution in [0.4, 0.5) is 15.9 Å². The Balaban J connectivity index is 1.32. The molecule has 0 fully saturated rings. The van der Waals surface area contributed by atoms with E-state index < -0.39 is 0 Å². The lowest BCUT2D eigenvalue weighted by molar-refractivity contribution is 0.306. The van der Waals surface area contributed by atoms with Crippen molar-refractivity contribution in [2.24, 2.45) is 5.92 Å². The van der Waals surface area contributed by atoms with Gasteiger partial charge >= 0.3 is 0 Å². The summed E-state index contributed by atoms with van der Waals surface area (Å²) in [6, 6.07) is 11.9. The van der Waals surface area contributed by atoms with Gasteiger partial charge in [-0.2, -0.15) is 0 Å². The molecule has 5 nitrogen and oxygen atoms in total. The number of anilines is 2. The summed E-state index contributed by atoms with van der Waals surface area (Å²) in [5.41, 5.74) is 2.96. The van der Waals surface area contributed by atoms with Crippen LogP contribution >= 0.6 is 22.9 Å². The molecule has 8 heteroatoms. The summed E-state index contributed by atoms with van der Waals surface area (Å²) in [6.07, 6.45) is 6.22. The SMILES string of the molecule is CN(C)CCC1CCc2c(sc3ncnc(Nc4ccc(OCc5cccc(F)c5)c(Cl)c4)c23)C1. The molecule has 4 aromatic rings. The van der Waals surface area contributed by atoms with Crippen LogP contribution in [0.2, 0.25) is 5.02 Å². The lowest BCUT2D eigenvalue weighted by Crippen LogP contribution is -2.20. The summed E-state index contributed by atoms with van der Waals surface area (Å²) in [6.45, 7) is 1.37. The first-order chi connectivity index (χ1) is 17.0. The summed E-state index contributed by atoms with van der Waals surface area (Å²) in [5.74, 6) is 1.79. The van der Waals surface area contributed by atoms with Crippen LogP contribution in [0.3, 0.4) is 0 Å². The van der Waals surface area contributed by atoms with E-state index in [1.165, 1.54) is 35.4 Å². The van der Waals surface area contributed by atoms with E-state index in [-0.39, 0.29) is 12.4 Å². The number of thiophene rings is 1. The van der Waals surface area contributed by atoms with E-state index >= 15 is 0 Å². The molecule has 0 radical (unpaired) electrons. The lowest BCUT2D eigenvalue weighted by atomic mass is 9.86. The molecule has 1 aliphatic rings. The zero-order valence-electron chi connectivity index (χ0n) is 19.9. The van der Waals surface area contributed by atoms with Crippen molar-refractivity contribution in [2.75, 3.05) is 26.0 Å². The highest BCUT2D eigenvalue weighted by Gasteiger charge is 2.25. The van der Waals surface area contributed by atoms with Crippen molar-refractivity contribution in [1.82, 2.24) is 14.9 Å². The summed E-state index contributed by atoms with van der Waals surface area (Å²) >= 11 is 8.30. The second-order valence-corrected chi connectivity index (χ2v) is 10.8. The molecule has 35 heavy (non-hydrogen) atoms. The summed E-state index contributed by atoms with van der Waals surface area (Å²) < 4.78 is 19.2.